The van der Waals surface area contributed by atoms with Gasteiger partial charge >= 0.3 is 12.1 Å². The van der Waals surface area contributed by atoms with Crippen LogP contribution in [0.25, 0.3) is 0 Å². The summed E-state index contributed by atoms with van der Waals surface area (Å²) in [5.74, 6) is 0.348. The Hall–Kier alpha value is -2.44. The van der Waals surface area contributed by atoms with Crippen LogP contribution in [0.4, 0.5) is 4.79 Å². The lowest BCUT2D eigenvalue weighted by Gasteiger charge is -2.24. The molecular formula is C23H33NO6. The minimum absolute atomic E-state index is 0.187. The molecule has 1 saturated heterocycles. The predicted molar refractivity (Wildman–Crippen MR) is 112 cm³/mol. The van der Waals surface area contributed by atoms with Gasteiger partial charge in [-0.1, -0.05) is 6.07 Å². The van der Waals surface area contributed by atoms with Crippen LogP contribution in [0.5, 0.6) is 11.5 Å². The Labute approximate surface area is 178 Å². The molecule has 2 unspecified atom stereocenters. The van der Waals surface area contributed by atoms with Crippen LogP contribution in [0.15, 0.2) is 18.2 Å². The van der Waals surface area contributed by atoms with Gasteiger partial charge < -0.3 is 23.8 Å². The predicted octanol–water partition coefficient (Wildman–Crippen LogP) is 4.14. The summed E-state index contributed by atoms with van der Waals surface area (Å²) in [5, 5.41) is 0. The Kier molecular flexibility index (Phi) is 6.78. The Bertz CT molecular complexity index is 765. The Morgan fingerprint density at radius 1 is 1.03 bits per heavy atom. The molecule has 0 bridgehead atoms. The van der Waals surface area contributed by atoms with Crippen molar-refractivity contribution in [2.24, 2.45) is 5.92 Å². The van der Waals surface area contributed by atoms with E-state index in [1.54, 1.807) is 12.0 Å². The van der Waals surface area contributed by atoms with Crippen molar-refractivity contribution in [3.05, 3.63) is 23.8 Å². The summed E-state index contributed by atoms with van der Waals surface area (Å²) in [5.41, 5.74) is 0.323. The number of esters is 1. The third kappa shape index (κ3) is 5.18. The lowest BCUT2D eigenvalue weighted by atomic mass is 9.89. The quantitative estimate of drug-likeness (QED) is 0.668. The maximum absolute atomic E-state index is 12.6. The minimum Gasteiger partial charge on any atom is -0.493 e. The van der Waals surface area contributed by atoms with E-state index < -0.39 is 17.6 Å². The van der Waals surface area contributed by atoms with E-state index in [1.165, 1.54) is 20.0 Å². The second-order valence-corrected chi connectivity index (χ2v) is 9.06. The lowest BCUT2D eigenvalue weighted by Crippen LogP contribution is -2.36. The fraction of sp³-hybridized carbons (Fsp3) is 0.652. The number of hydrogen-bond acceptors (Lipinski definition) is 6. The van der Waals surface area contributed by atoms with E-state index in [2.05, 4.69) is 0 Å². The minimum atomic E-state index is -0.599. The number of nitrogens with zero attached hydrogens (tertiary/aromatic N) is 1. The third-order valence-electron chi connectivity index (χ3n) is 5.69. The fourth-order valence-electron chi connectivity index (χ4n) is 4.21. The van der Waals surface area contributed by atoms with Gasteiger partial charge in [0.15, 0.2) is 11.5 Å². The Balaban J connectivity index is 1.85. The first-order valence-electron chi connectivity index (χ1n) is 10.6. The average molecular weight is 420 g/mol. The molecule has 2 fully saturated rings. The molecule has 30 heavy (non-hydrogen) atoms. The summed E-state index contributed by atoms with van der Waals surface area (Å²) in [7, 11) is 2.99. The van der Waals surface area contributed by atoms with Gasteiger partial charge in [-0.05, 0) is 64.2 Å². The van der Waals surface area contributed by atoms with Crippen molar-refractivity contribution < 1.29 is 28.5 Å². The van der Waals surface area contributed by atoms with Gasteiger partial charge in [0.25, 0.3) is 0 Å². The highest BCUT2D eigenvalue weighted by Gasteiger charge is 2.42. The molecule has 0 aromatic heterocycles. The van der Waals surface area contributed by atoms with Crippen molar-refractivity contribution in [3.63, 3.8) is 0 Å². The highest BCUT2D eigenvalue weighted by molar-refractivity contribution is 5.77. The van der Waals surface area contributed by atoms with Crippen LogP contribution in [-0.2, 0) is 14.3 Å². The van der Waals surface area contributed by atoms with Crippen LogP contribution in [0.1, 0.15) is 57.9 Å². The molecular weight excluding hydrogens is 386 g/mol. The summed E-state index contributed by atoms with van der Waals surface area (Å²) in [6.07, 6.45) is 4.18. The summed E-state index contributed by atoms with van der Waals surface area (Å²) < 4.78 is 22.2. The first-order valence-corrected chi connectivity index (χ1v) is 10.6. The van der Waals surface area contributed by atoms with Crippen LogP contribution in [0.2, 0.25) is 0 Å². The highest BCUT2D eigenvalue weighted by atomic mass is 16.6. The van der Waals surface area contributed by atoms with Gasteiger partial charge in [-0.25, -0.2) is 4.79 Å². The molecule has 1 aromatic carbocycles. The number of carbonyl (C=O) groups excluding carboxylic acids is 2. The highest BCUT2D eigenvalue weighted by Crippen LogP contribution is 2.39. The summed E-state index contributed by atoms with van der Waals surface area (Å²) >= 11 is 0. The van der Waals surface area contributed by atoms with Crippen LogP contribution in [-0.4, -0.2) is 56.0 Å². The molecule has 1 amide bonds. The van der Waals surface area contributed by atoms with Crippen LogP contribution in [0, 0.1) is 5.92 Å². The largest absolute Gasteiger partial charge is 0.493 e. The van der Waals surface area contributed by atoms with Gasteiger partial charge in [-0.3, -0.25) is 4.79 Å². The molecule has 1 aliphatic heterocycles. The molecule has 166 valence electrons. The van der Waals surface area contributed by atoms with Crippen molar-refractivity contribution in [2.75, 3.05) is 27.3 Å². The standard InChI is InChI=1S/C23H33NO6/c1-23(2,3)30-22(26)24-13-17(18(14-24)21(25)28-5)15-10-11-19(27-4)20(12-15)29-16-8-6-7-9-16/h10-12,16-18H,6-9,13-14H2,1-5H3. The van der Waals surface area contributed by atoms with E-state index in [0.717, 1.165) is 18.4 Å². The second kappa shape index (κ2) is 9.14. The number of amides is 1. The lowest BCUT2D eigenvalue weighted by molar-refractivity contribution is -0.145. The number of rotatable bonds is 5. The zero-order valence-electron chi connectivity index (χ0n) is 18.6. The van der Waals surface area contributed by atoms with E-state index in [1.807, 2.05) is 39.0 Å². The van der Waals surface area contributed by atoms with E-state index in [4.69, 9.17) is 18.9 Å². The van der Waals surface area contributed by atoms with Crippen molar-refractivity contribution >= 4 is 12.1 Å². The van der Waals surface area contributed by atoms with Crippen LogP contribution < -0.4 is 9.47 Å². The normalized spacial score (nSPS) is 22.1. The van der Waals surface area contributed by atoms with Crippen molar-refractivity contribution in [1.29, 1.82) is 0 Å². The molecule has 2 aliphatic rings. The number of hydrogen-bond donors (Lipinski definition) is 0. The summed E-state index contributed by atoms with van der Waals surface area (Å²) in [6.45, 7) is 6.12. The average Bonchev–Trinajstić information content (AvgIpc) is 3.36. The maximum Gasteiger partial charge on any atom is 0.410 e. The smallest absolute Gasteiger partial charge is 0.410 e. The molecule has 0 N–H and O–H groups in total. The first-order chi connectivity index (χ1) is 14.2. The van der Waals surface area contributed by atoms with Crippen molar-refractivity contribution in [2.45, 2.75) is 64.1 Å². The third-order valence-corrected chi connectivity index (χ3v) is 5.69. The molecule has 0 spiro atoms. The van der Waals surface area contributed by atoms with Crippen LogP contribution in [0.3, 0.4) is 0 Å². The SMILES string of the molecule is COC(=O)C1CN(C(=O)OC(C)(C)C)CC1c1ccc(OC)c(OC2CCCC2)c1. The van der Waals surface area contributed by atoms with Gasteiger partial charge in [0, 0.05) is 19.0 Å². The Morgan fingerprint density at radius 3 is 2.33 bits per heavy atom. The maximum atomic E-state index is 12.6. The molecule has 7 heteroatoms. The second-order valence-electron chi connectivity index (χ2n) is 9.06. The molecule has 2 atom stereocenters. The van der Waals surface area contributed by atoms with Gasteiger partial charge in [0.1, 0.15) is 5.60 Å². The van der Waals surface area contributed by atoms with Crippen molar-refractivity contribution in [3.8, 4) is 11.5 Å². The monoisotopic (exact) mass is 419 g/mol. The molecule has 1 aliphatic carbocycles. The van der Waals surface area contributed by atoms with Crippen molar-refractivity contribution in [1.82, 2.24) is 4.90 Å². The van der Waals surface area contributed by atoms with Crippen LogP contribution >= 0.6 is 0 Å². The number of carbonyl (C=O) groups is 2. The van der Waals surface area contributed by atoms with Gasteiger partial charge in [-0.2, -0.15) is 0 Å². The summed E-state index contributed by atoms with van der Waals surface area (Å²) in [4.78, 5) is 26.7. The van der Waals surface area contributed by atoms with E-state index in [-0.39, 0.29) is 24.5 Å². The van der Waals surface area contributed by atoms with Gasteiger partial charge in [0.2, 0.25) is 0 Å². The number of likely N-dealkylation sites (tertiary alicyclic amines) is 1. The fourth-order valence-corrected chi connectivity index (χ4v) is 4.21. The zero-order chi connectivity index (χ0) is 21.9. The van der Waals surface area contributed by atoms with E-state index in [0.29, 0.717) is 18.0 Å². The topological polar surface area (TPSA) is 74.3 Å². The number of ether oxygens (including phenoxy) is 4. The Morgan fingerprint density at radius 2 is 1.73 bits per heavy atom. The first kappa shape index (κ1) is 22.2. The van der Waals surface area contributed by atoms with E-state index in [9.17, 15) is 9.59 Å². The molecule has 7 nitrogen and oxygen atoms in total. The molecule has 3 rings (SSSR count). The molecule has 1 saturated carbocycles. The molecule has 1 heterocycles. The molecule has 1 aromatic rings. The zero-order valence-corrected chi connectivity index (χ0v) is 18.6. The molecule has 0 radical (unpaired) electrons. The van der Waals surface area contributed by atoms with Gasteiger partial charge in [-0.15, -0.1) is 0 Å². The summed E-state index contributed by atoms with van der Waals surface area (Å²) in [6, 6.07) is 5.74. The number of benzene rings is 1. The van der Waals surface area contributed by atoms with E-state index >= 15 is 0 Å². The number of methoxy groups -OCH3 is 2. The van der Waals surface area contributed by atoms with Gasteiger partial charge in [0.05, 0.1) is 26.2 Å².